The highest BCUT2D eigenvalue weighted by atomic mass is 16.2. The van der Waals surface area contributed by atoms with Gasteiger partial charge in [0, 0.05) is 0 Å². The summed E-state index contributed by atoms with van der Waals surface area (Å²) in [5.41, 5.74) is 1.70. The molecule has 82 valence electrons. The fourth-order valence-electron chi connectivity index (χ4n) is 0.771. The third-order valence-electron chi connectivity index (χ3n) is 1.84. The molecule has 2 amide bonds. The van der Waals surface area contributed by atoms with E-state index in [2.05, 4.69) is 40.4 Å². The van der Waals surface area contributed by atoms with Crippen molar-refractivity contribution in [3.63, 3.8) is 0 Å². The van der Waals surface area contributed by atoms with E-state index in [0.29, 0.717) is 4.92 Å². The molecule has 0 heterocycles. The van der Waals surface area contributed by atoms with Gasteiger partial charge in [-0.05, 0) is 5.92 Å². The Balaban J connectivity index is 0. The van der Waals surface area contributed by atoms with Crippen molar-refractivity contribution in [3.8, 4) is 0 Å². The fourth-order valence-corrected chi connectivity index (χ4v) is 0.771. The van der Waals surface area contributed by atoms with E-state index in [1.54, 1.807) is 5.43 Å². The summed E-state index contributed by atoms with van der Waals surface area (Å²) in [6.07, 6.45) is 4.08. The first-order valence-corrected chi connectivity index (χ1v) is 4.79. The summed E-state index contributed by atoms with van der Waals surface area (Å²) >= 11 is 0. The molecule has 0 saturated heterocycles. The molecule has 5 nitrogen and oxygen atoms in total. The maximum atomic E-state index is 9.95. The lowest BCUT2D eigenvalue weighted by molar-refractivity contribution is 0.225. The van der Waals surface area contributed by atoms with Crippen LogP contribution in [0.3, 0.4) is 0 Å². The van der Waals surface area contributed by atoms with Gasteiger partial charge in [0.1, 0.15) is 0 Å². The van der Waals surface area contributed by atoms with Gasteiger partial charge in [-0.15, -0.1) is 0 Å². The number of hydrogen-bond donors (Lipinski definition) is 3. The summed E-state index contributed by atoms with van der Waals surface area (Å²) in [6, 6.07) is -0.736. The van der Waals surface area contributed by atoms with Gasteiger partial charge >= 0.3 is 6.03 Å². The van der Waals surface area contributed by atoms with Crippen molar-refractivity contribution >= 4 is 14.0 Å². The molecule has 5 N–H and O–H groups in total. The van der Waals surface area contributed by atoms with Gasteiger partial charge in [-0.25, -0.2) is 10.6 Å². The Morgan fingerprint density at radius 1 is 1.57 bits per heavy atom. The molecular weight excluding hydrogens is 179 g/mol. The molecule has 0 aromatic carbocycles. The van der Waals surface area contributed by atoms with Crippen molar-refractivity contribution < 1.29 is 4.79 Å². The highest BCUT2D eigenvalue weighted by Crippen LogP contribution is 2.07. The van der Waals surface area contributed by atoms with Crippen molar-refractivity contribution in [1.82, 2.24) is 10.3 Å². The number of carbonyl (C=O) groups excluding carboxylic acids is 1. The maximum absolute atomic E-state index is 9.95. The third kappa shape index (κ3) is 11.3. The Bertz CT molecular complexity index is 143. The summed E-state index contributed by atoms with van der Waals surface area (Å²) in [7, 11) is 4.67. The Labute approximate surface area is 87.6 Å². The van der Waals surface area contributed by atoms with Gasteiger partial charge in [0.2, 0.25) is 0 Å². The lowest BCUT2D eigenvalue weighted by atomic mass is 10.0. The zero-order chi connectivity index (χ0) is 11.6. The van der Waals surface area contributed by atoms with E-state index in [1.807, 2.05) is 0 Å². The molecule has 0 fully saturated rings. The number of amides is 2. The molecule has 0 aliphatic heterocycles. The van der Waals surface area contributed by atoms with E-state index in [4.69, 9.17) is 0 Å². The van der Waals surface area contributed by atoms with Crippen molar-refractivity contribution in [2.75, 3.05) is 0 Å². The van der Waals surface area contributed by atoms with Crippen LogP contribution in [0.15, 0.2) is 0 Å². The summed E-state index contributed by atoms with van der Waals surface area (Å²) in [4.78, 5) is 10.3. The quantitative estimate of drug-likeness (QED) is 0.271. The number of hydrogen-bond acceptors (Lipinski definition) is 3. The van der Waals surface area contributed by atoms with Gasteiger partial charge in [0.05, 0.1) is 0 Å². The van der Waals surface area contributed by atoms with Gasteiger partial charge in [-0.3, -0.25) is 11.3 Å². The van der Waals surface area contributed by atoms with Crippen LogP contribution in [0.1, 0.15) is 40.0 Å². The van der Waals surface area contributed by atoms with E-state index in [9.17, 15) is 4.79 Å². The van der Waals surface area contributed by atoms with Gasteiger partial charge < -0.3 is 4.92 Å². The van der Waals surface area contributed by atoms with E-state index in [0.717, 1.165) is 5.92 Å². The molecular formula is C8H21BN4O. The number of nitrogens with zero attached hydrogens (tertiary/aromatic N) is 1. The largest absolute Gasteiger partial charge is 0.331 e. The SMILES string of the molecule is CCCC(C)CC.[B]N(N)C(=O)NN. The van der Waals surface area contributed by atoms with E-state index >= 15 is 0 Å². The van der Waals surface area contributed by atoms with Crippen LogP contribution >= 0.6 is 0 Å². The third-order valence-corrected chi connectivity index (χ3v) is 1.84. The monoisotopic (exact) mass is 200 g/mol. The predicted molar refractivity (Wildman–Crippen MR) is 58.9 cm³/mol. The molecule has 0 aromatic rings. The normalized spacial score (nSPS) is 10.9. The van der Waals surface area contributed by atoms with Crippen LogP contribution in [0, 0.1) is 5.92 Å². The first kappa shape index (κ1) is 15.7. The van der Waals surface area contributed by atoms with E-state index in [1.165, 1.54) is 19.3 Å². The molecule has 14 heavy (non-hydrogen) atoms. The second-order valence-corrected chi connectivity index (χ2v) is 3.16. The molecule has 1 unspecified atom stereocenters. The molecule has 1 atom stereocenters. The zero-order valence-corrected chi connectivity index (χ0v) is 9.29. The van der Waals surface area contributed by atoms with Crippen LogP contribution in [0.25, 0.3) is 0 Å². The standard InChI is InChI=1S/C7H16.CH5BN4O/c1-4-6-7(3)5-2;2-6(4)1(7)5-3/h7H,4-6H2,1-3H3;3-4H2,(H,5,7). The van der Waals surface area contributed by atoms with Crippen LogP contribution in [0.4, 0.5) is 4.79 Å². The van der Waals surface area contributed by atoms with Crippen molar-refractivity contribution in [1.29, 1.82) is 0 Å². The second kappa shape index (κ2) is 10.3. The van der Waals surface area contributed by atoms with Gasteiger partial charge in [0.15, 0.2) is 0 Å². The predicted octanol–water partition coefficient (Wildman–Crippen LogP) is 0.662. The lowest BCUT2D eigenvalue weighted by Crippen LogP contribution is -2.45. The highest BCUT2D eigenvalue weighted by Gasteiger charge is 1.95. The molecule has 0 spiro atoms. The smallest absolute Gasteiger partial charge is 0.321 e. The van der Waals surface area contributed by atoms with Gasteiger partial charge in [-0.1, -0.05) is 40.0 Å². The molecule has 0 aromatic heterocycles. The fraction of sp³-hybridized carbons (Fsp3) is 0.875. The summed E-state index contributed by atoms with van der Waals surface area (Å²) in [5, 5.41) is 0. The summed E-state index contributed by atoms with van der Waals surface area (Å²) in [6.45, 7) is 6.80. The molecule has 0 aliphatic carbocycles. The number of urea groups is 1. The number of hydrazine groups is 2. The van der Waals surface area contributed by atoms with Crippen molar-refractivity contribution in [3.05, 3.63) is 0 Å². The van der Waals surface area contributed by atoms with E-state index < -0.39 is 6.03 Å². The molecule has 6 heteroatoms. The summed E-state index contributed by atoms with van der Waals surface area (Å²) < 4.78 is 0. The minimum atomic E-state index is -0.736. The molecule has 0 rings (SSSR count). The van der Waals surface area contributed by atoms with Crippen LogP contribution in [-0.2, 0) is 0 Å². The minimum Gasteiger partial charge on any atom is -0.321 e. The maximum Gasteiger partial charge on any atom is 0.331 e. The lowest BCUT2D eigenvalue weighted by Gasteiger charge is -2.06. The van der Waals surface area contributed by atoms with Crippen LogP contribution in [0.5, 0.6) is 0 Å². The van der Waals surface area contributed by atoms with Gasteiger partial charge in [0.25, 0.3) is 7.98 Å². The first-order valence-electron chi connectivity index (χ1n) is 4.79. The minimum absolute atomic E-state index is 0.347. The number of carbonyl (C=O) groups is 1. The Hall–Kier alpha value is -0.745. The molecule has 0 saturated carbocycles. The Kier molecular flexibility index (Phi) is 11.6. The Morgan fingerprint density at radius 2 is 2.07 bits per heavy atom. The zero-order valence-electron chi connectivity index (χ0n) is 9.29. The average Bonchev–Trinajstić information content (AvgIpc) is 2.17. The number of nitrogens with two attached hydrogens (primary N) is 2. The molecule has 0 aliphatic rings. The van der Waals surface area contributed by atoms with Crippen LogP contribution in [0.2, 0.25) is 0 Å². The second-order valence-electron chi connectivity index (χ2n) is 3.16. The van der Waals surface area contributed by atoms with Crippen molar-refractivity contribution in [2.24, 2.45) is 17.6 Å². The van der Waals surface area contributed by atoms with E-state index in [-0.39, 0.29) is 0 Å². The Morgan fingerprint density at radius 3 is 2.14 bits per heavy atom. The molecule has 0 bridgehead atoms. The molecule has 2 radical (unpaired) electrons. The summed E-state index contributed by atoms with van der Waals surface area (Å²) in [5.74, 6) is 10.2. The first-order chi connectivity index (χ1) is 6.49. The average molecular weight is 200 g/mol. The number of rotatable bonds is 3. The van der Waals surface area contributed by atoms with Crippen LogP contribution in [-0.4, -0.2) is 18.9 Å². The topological polar surface area (TPSA) is 84.4 Å². The van der Waals surface area contributed by atoms with Gasteiger partial charge in [-0.2, -0.15) is 0 Å². The van der Waals surface area contributed by atoms with Crippen LogP contribution < -0.4 is 17.1 Å². The number of nitrogens with one attached hydrogen (secondary N) is 1. The van der Waals surface area contributed by atoms with Crippen molar-refractivity contribution in [2.45, 2.75) is 40.0 Å². The highest BCUT2D eigenvalue weighted by molar-refractivity contribution is 6.12.